The van der Waals surface area contributed by atoms with Crippen molar-refractivity contribution >= 4 is 35.3 Å². The number of nitrogens with one attached hydrogen (secondary N) is 4. The summed E-state index contributed by atoms with van der Waals surface area (Å²) in [6.45, 7) is 7.59. The van der Waals surface area contributed by atoms with Crippen molar-refractivity contribution in [2.24, 2.45) is 17.3 Å². The Labute approximate surface area is 258 Å². The van der Waals surface area contributed by atoms with Gasteiger partial charge in [-0.25, -0.2) is 8.78 Å². The molecule has 11 nitrogen and oxygen atoms in total. The number of piperidine rings is 1. The lowest BCUT2D eigenvalue weighted by atomic mass is 9.87. The van der Waals surface area contributed by atoms with Gasteiger partial charge in [0.15, 0.2) is 0 Å². The first-order chi connectivity index (χ1) is 20.5. The molecule has 0 spiro atoms. The van der Waals surface area contributed by atoms with E-state index in [1.54, 1.807) is 20.8 Å². The van der Waals surface area contributed by atoms with Gasteiger partial charge in [-0.3, -0.25) is 28.8 Å². The molecule has 0 radical (unpaired) electrons. The zero-order valence-corrected chi connectivity index (χ0v) is 26.6. The highest BCUT2D eigenvalue weighted by atomic mass is 19.3. The van der Waals surface area contributed by atoms with Crippen molar-refractivity contribution in [1.29, 1.82) is 0 Å². The number of hydrogen-bond acceptors (Lipinski definition) is 6. The van der Waals surface area contributed by atoms with Gasteiger partial charge in [0.25, 0.3) is 11.8 Å². The average Bonchev–Trinajstić information content (AvgIpc) is 3.47. The number of carbonyl (C=O) groups is 6. The number of halogens is 2. The Morgan fingerprint density at radius 2 is 1.66 bits per heavy atom. The SMILES string of the molecule is CCC[C@@H](C(=O)N[C@@H](C[C@@H]1CCCNC1=O)C(=O)C(=O)NC1CC(F)(F)C1)N(C)C(=O)[C@H](NC(=O)C(C)(C)C)C1CCCC1. The van der Waals surface area contributed by atoms with Gasteiger partial charge in [0, 0.05) is 43.8 Å². The van der Waals surface area contributed by atoms with Gasteiger partial charge in [-0.15, -0.1) is 0 Å². The highest BCUT2D eigenvalue weighted by Crippen LogP contribution is 2.37. The number of hydrogen-bond donors (Lipinski definition) is 4. The van der Waals surface area contributed by atoms with Gasteiger partial charge in [-0.1, -0.05) is 47.0 Å². The van der Waals surface area contributed by atoms with Crippen LogP contribution >= 0.6 is 0 Å². The standard InChI is InChI=1S/C31H49F2N5O6/c1-6-10-22(38(5)28(43)23(18-11-7-8-12-18)37-29(44)30(2,3)4)26(41)36-21(15-19-13-9-14-34-25(19)40)24(39)27(42)35-20-16-31(32,33)17-20/h18-23H,6-17H2,1-5H3,(H,34,40)(H,35,42)(H,36,41)(H,37,44)/t19-,21-,22-,23+/m0/s1. The van der Waals surface area contributed by atoms with E-state index >= 15 is 0 Å². The summed E-state index contributed by atoms with van der Waals surface area (Å²) in [7, 11) is 1.49. The highest BCUT2D eigenvalue weighted by Gasteiger charge is 2.47. The molecule has 4 N–H and O–H groups in total. The number of nitrogens with zero attached hydrogens (tertiary/aromatic N) is 1. The number of rotatable bonds is 13. The summed E-state index contributed by atoms with van der Waals surface area (Å²) in [4.78, 5) is 80.5. The molecule has 2 aliphatic carbocycles. The number of ketones is 1. The van der Waals surface area contributed by atoms with Crippen molar-refractivity contribution in [3.8, 4) is 0 Å². The first kappa shape index (κ1) is 35.4. The molecule has 3 fully saturated rings. The van der Waals surface area contributed by atoms with Gasteiger partial charge in [-0.05, 0) is 44.4 Å². The average molecular weight is 626 g/mol. The van der Waals surface area contributed by atoms with Crippen molar-refractivity contribution < 1.29 is 37.5 Å². The summed E-state index contributed by atoms with van der Waals surface area (Å²) in [5, 5.41) is 10.6. The monoisotopic (exact) mass is 625 g/mol. The van der Waals surface area contributed by atoms with Crippen LogP contribution in [0.5, 0.6) is 0 Å². The molecular formula is C31H49F2N5O6. The summed E-state index contributed by atoms with van der Waals surface area (Å²) in [6.07, 6.45) is 3.97. The van der Waals surface area contributed by atoms with Crippen LogP contribution in [0.25, 0.3) is 0 Å². The van der Waals surface area contributed by atoms with E-state index in [1.807, 2.05) is 6.92 Å². The molecule has 0 bridgehead atoms. The first-order valence-electron chi connectivity index (χ1n) is 15.9. The van der Waals surface area contributed by atoms with Crippen LogP contribution in [0.4, 0.5) is 8.78 Å². The van der Waals surface area contributed by atoms with Crippen molar-refractivity contribution in [3.63, 3.8) is 0 Å². The third-order valence-electron chi connectivity index (χ3n) is 8.99. The largest absolute Gasteiger partial charge is 0.356 e. The van der Waals surface area contributed by atoms with Crippen LogP contribution < -0.4 is 21.3 Å². The van der Waals surface area contributed by atoms with Crippen LogP contribution in [0.2, 0.25) is 0 Å². The van der Waals surface area contributed by atoms with Gasteiger partial charge in [-0.2, -0.15) is 0 Å². The molecule has 0 aromatic carbocycles. The Balaban J connectivity index is 1.80. The van der Waals surface area contributed by atoms with Crippen molar-refractivity contribution in [1.82, 2.24) is 26.2 Å². The summed E-state index contributed by atoms with van der Waals surface area (Å²) < 4.78 is 26.6. The molecule has 44 heavy (non-hydrogen) atoms. The molecule has 0 aromatic heterocycles. The molecule has 248 valence electrons. The summed E-state index contributed by atoms with van der Waals surface area (Å²) in [5.74, 6) is -7.42. The summed E-state index contributed by atoms with van der Waals surface area (Å²) >= 11 is 0. The predicted molar refractivity (Wildman–Crippen MR) is 158 cm³/mol. The van der Waals surface area contributed by atoms with E-state index in [-0.39, 0.29) is 30.6 Å². The molecule has 1 heterocycles. The summed E-state index contributed by atoms with van der Waals surface area (Å²) in [6, 6.07) is -4.10. The third-order valence-corrected chi connectivity index (χ3v) is 8.99. The predicted octanol–water partition coefficient (Wildman–Crippen LogP) is 2.22. The molecule has 3 rings (SSSR count). The number of likely N-dealkylation sites (N-methyl/N-ethyl adjacent to an activating group) is 1. The van der Waals surface area contributed by atoms with E-state index in [9.17, 15) is 37.5 Å². The van der Waals surface area contributed by atoms with E-state index in [0.29, 0.717) is 25.8 Å². The van der Waals surface area contributed by atoms with Gasteiger partial charge in [0.1, 0.15) is 12.1 Å². The lowest BCUT2D eigenvalue weighted by molar-refractivity contribution is -0.147. The van der Waals surface area contributed by atoms with E-state index in [2.05, 4.69) is 21.3 Å². The van der Waals surface area contributed by atoms with E-state index in [1.165, 1.54) is 11.9 Å². The van der Waals surface area contributed by atoms with Crippen LogP contribution in [-0.2, 0) is 28.8 Å². The van der Waals surface area contributed by atoms with E-state index in [0.717, 1.165) is 25.7 Å². The molecule has 1 saturated heterocycles. The molecule has 0 aromatic rings. The van der Waals surface area contributed by atoms with Crippen molar-refractivity contribution in [2.75, 3.05) is 13.6 Å². The highest BCUT2D eigenvalue weighted by molar-refractivity contribution is 6.38. The third kappa shape index (κ3) is 9.20. The molecule has 4 atom stereocenters. The number of carbonyl (C=O) groups excluding carboxylic acids is 6. The topological polar surface area (TPSA) is 154 Å². The lowest BCUT2D eigenvalue weighted by Gasteiger charge is -2.36. The minimum absolute atomic E-state index is 0.0803. The Hall–Kier alpha value is -3.12. The fourth-order valence-electron chi connectivity index (χ4n) is 6.20. The Morgan fingerprint density at radius 3 is 2.20 bits per heavy atom. The van der Waals surface area contributed by atoms with Crippen LogP contribution in [-0.4, -0.2) is 83.9 Å². The van der Waals surface area contributed by atoms with Crippen molar-refractivity contribution in [2.45, 2.75) is 128 Å². The molecular weight excluding hydrogens is 576 g/mol. The van der Waals surface area contributed by atoms with Gasteiger partial charge < -0.3 is 26.2 Å². The number of amides is 5. The maximum atomic E-state index is 13.9. The van der Waals surface area contributed by atoms with Gasteiger partial charge in [0.2, 0.25) is 29.4 Å². The maximum Gasteiger partial charge on any atom is 0.289 e. The molecule has 2 saturated carbocycles. The van der Waals surface area contributed by atoms with Gasteiger partial charge >= 0.3 is 0 Å². The summed E-state index contributed by atoms with van der Waals surface area (Å²) in [5.41, 5.74) is -0.731. The zero-order chi connectivity index (χ0) is 32.8. The molecule has 0 unspecified atom stereocenters. The lowest BCUT2D eigenvalue weighted by Crippen LogP contribution is -2.60. The number of Topliss-reactive ketones (excluding diaryl/α,β-unsaturated/α-hetero) is 1. The Bertz CT molecular complexity index is 1100. The van der Waals surface area contributed by atoms with Crippen LogP contribution in [0, 0.1) is 17.3 Å². The van der Waals surface area contributed by atoms with Crippen LogP contribution in [0.15, 0.2) is 0 Å². The fraction of sp³-hybridized carbons (Fsp3) is 0.806. The second-order valence-electron chi connectivity index (χ2n) is 13.7. The van der Waals surface area contributed by atoms with Gasteiger partial charge in [0.05, 0.1) is 6.04 Å². The fourth-order valence-corrected chi connectivity index (χ4v) is 6.20. The zero-order valence-electron chi connectivity index (χ0n) is 26.6. The minimum Gasteiger partial charge on any atom is -0.356 e. The first-order valence-corrected chi connectivity index (χ1v) is 15.9. The van der Waals surface area contributed by atoms with Crippen molar-refractivity contribution in [3.05, 3.63) is 0 Å². The molecule has 1 aliphatic heterocycles. The molecule has 13 heteroatoms. The van der Waals surface area contributed by atoms with Crippen LogP contribution in [0.1, 0.15) is 98.3 Å². The quantitative estimate of drug-likeness (QED) is 0.230. The minimum atomic E-state index is -2.90. The van der Waals surface area contributed by atoms with Crippen LogP contribution in [0.3, 0.4) is 0 Å². The normalized spacial score (nSPS) is 22.5. The second-order valence-corrected chi connectivity index (χ2v) is 13.7. The molecule has 3 aliphatic rings. The maximum absolute atomic E-state index is 13.9. The number of alkyl halides is 2. The Kier molecular flexibility index (Phi) is 11.9. The smallest absolute Gasteiger partial charge is 0.289 e. The molecule has 5 amide bonds. The Morgan fingerprint density at radius 1 is 1.02 bits per heavy atom. The second kappa shape index (κ2) is 14.8. The van der Waals surface area contributed by atoms with E-state index in [4.69, 9.17) is 0 Å². The van der Waals surface area contributed by atoms with E-state index < -0.39 is 77.8 Å².